The molecule has 0 aliphatic carbocycles. The van der Waals surface area contributed by atoms with Crippen LogP contribution in [0.1, 0.15) is 21.5 Å². The lowest BCUT2D eigenvalue weighted by atomic mass is 10.1. The van der Waals surface area contributed by atoms with Gasteiger partial charge in [-0.1, -0.05) is 11.6 Å². The molecule has 1 aromatic rings. The van der Waals surface area contributed by atoms with Crippen LogP contribution in [-0.4, -0.2) is 11.4 Å². The lowest BCUT2D eigenvalue weighted by Crippen LogP contribution is -1.89. The lowest BCUT2D eigenvalue weighted by molar-refractivity contribution is 0.112. The van der Waals surface area contributed by atoms with Gasteiger partial charge in [0.2, 0.25) is 0 Å². The summed E-state index contributed by atoms with van der Waals surface area (Å²) >= 11 is 5.80. The van der Waals surface area contributed by atoms with Crippen molar-refractivity contribution in [2.24, 2.45) is 0 Å². The van der Waals surface area contributed by atoms with Crippen LogP contribution in [0.15, 0.2) is 6.07 Å². The van der Waals surface area contributed by atoms with E-state index in [-0.39, 0.29) is 11.3 Å². The molecule has 0 saturated carbocycles. The highest BCUT2D eigenvalue weighted by Gasteiger charge is 2.09. The molecule has 0 aliphatic rings. The number of aromatic hydroxyl groups is 1. The fraction of sp³-hybridized carbons (Fsp3) is 0.222. The van der Waals surface area contributed by atoms with E-state index in [1.165, 1.54) is 6.07 Å². The highest BCUT2D eigenvalue weighted by molar-refractivity contribution is 6.31. The second-order valence-corrected chi connectivity index (χ2v) is 3.07. The van der Waals surface area contributed by atoms with Crippen LogP contribution in [0, 0.1) is 13.8 Å². The predicted molar refractivity (Wildman–Crippen MR) is 48.0 cm³/mol. The van der Waals surface area contributed by atoms with E-state index in [2.05, 4.69) is 0 Å². The summed E-state index contributed by atoms with van der Waals surface area (Å²) in [5.41, 5.74) is 1.70. The Kier molecular flexibility index (Phi) is 2.38. The zero-order valence-corrected chi connectivity index (χ0v) is 7.64. The van der Waals surface area contributed by atoms with E-state index in [0.717, 1.165) is 5.56 Å². The second kappa shape index (κ2) is 3.15. The molecule has 1 N–H and O–H groups in total. The molecule has 0 aromatic heterocycles. The molecule has 12 heavy (non-hydrogen) atoms. The standard InChI is InChI=1S/C9H9ClO2/c1-5-6(2)9(12)7(4-11)3-8(5)10/h3-4,12H,1-2H3. The third-order valence-corrected chi connectivity index (χ3v) is 2.35. The van der Waals surface area contributed by atoms with Gasteiger partial charge in [0.25, 0.3) is 0 Å². The van der Waals surface area contributed by atoms with Gasteiger partial charge in [0.15, 0.2) is 6.29 Å². The van der Waals surface area contributed by atoms with Gasteiger partial charge in [0, 0.05) is 5.02 Å². The fourth-order valence-electron chi connectivity index (χ4n) is 0.976. The monoisotopic (exact) mass is 184 g/mol. The number of aldehydes is 1. The summed E-state index contributed by atoms with van der Waals surface area (Å²) in [6.45, 7) is 3.52. The number of phenols is 1. The minimum atomic E-state index is 0.0203. The third-order valence-electron chi connectivity index (χ3n) is 1.96. The Hall–Kier alpha value is -1.02. The molecule has 2 nitrogen and oxygen atoms in total. The molecule has 0 bridgehead atoms. The smallest absolute Gasteiger partial charge is 0.153 e. The average molecular weight is 185 g/mol. The van der Waals surface area contributed by atoms with Crippen molar-refractivity contribution in [3.05, 3.63) is 27.8 Å². The summed E-state index contributed by atoms with van der Waals surface area (Å²) in [4.78, 5) is 10.4. The van der Waals surface area contributed by atoms with Crippen molar-refractivity contribution in [2.45, 2.75) is 13.8 Å². The van der Waals surface area contributed by atoms with Crippen molar-refractivity contribution < 1.29 is 9.90 Å². The molecule has 0 radical (unpaired) electrons. The molecule has 1 rings (SSSR count). The number of benzene rings is 1. The summed E-state index contributed by atoms with van der Waals surface area (Å²) in [6, 6.07) is 1.46. The maximum atomic E-state index is 10.4. The fourth-order valence-corrected chi connectivity index (χ4v) is 1.24. The van der Waals surface area contributed by atoms with Crippen molar-refractivity contribution in [3.63, 3.8) is 0 Å². The van der Waals surface area contributed by atoms with E-state index in [1.807, 2.05) is 0 Å². The molecule has 1 aromatic carbocycles. The van der Waals surface area contributed by atoms with Crippen molar-refractivity contribution in [1.82, 2.24) is 0 Å². The number of halogens is 1. The van der Waals surface area contributed by atoms with Crippen molar-refractivity contribution in [2.75, 3.05) is 0 Å². The highest BCUT2D eigenvalue weighted by atomic mass is 35.5. The van der Waals surface area contributed by atoms with Crippen LogP contribution in [0.4, 0.5) is 0 Å². The van der Waals surface area contributed by atoms with E-state index in [9.17, 15) is 9.90 Å². The van der Waals surface area contributed by atoms with Gasteiger partial charge in [-0.2, -0.15) is 0 Å². The van der Waals surface area contributed by atoms with E-state index < -0.39 is 0 Å². The quantitative estimate of drug-likeness (QED) is 0.681. The first-order valence-corrected chi connectivity index (χ1v) is 3.89. The first kappa shape index (κ1) is 9.07. The molecule has 64 valence electrons. The normalized spacial score (nSPS) is 9.92. The average Bonchev–Trinajstić information content (AvgIpc) is 2.08. The zero-order chi connectivity index (χ0) is 9.30. The van der Waals surface area contributed by atoms with E-state index in [0.29, 0.717) is 16.9 Å². The van der Waals surface area contributed by atoms with Crippen LogP contribution >= 0.6 is 11.6 Å². The number of rotatable bonds is 1. The molecule has 0 aliphatic heterocycles. The van der Waals surface area contributed by atoms with Gasteiger partial charge in [0.05, 0.1) is 5.56 Å². The van der Waals surface area contributed by atoms with Gasteiger partial charge in [-0.15, -0.1) is 0 Å². The van der Waals surface area contributed by atoms with Gasteiger partial charge < -0.3 is 5.11 Å². The van der Waals surface area contributed by atoms with Crippen molar-refractivity contribution in [3.8, 4) is 5.75 Å². The lowest BCUT2D eigenvalue weighted by Gasteiger charge is -2.06. The van der Waals surface area contributed by atoms with E-state index in [4.69, 9.17) is 11.6 Å². The van der Waals surface area contributed by atoms with Gasteiger partial charge in [-0.25, -0.2) is 0 Å². The van der Waals surface area contributed by atoms with Gasteiger partial charge in [0.1, 0.15) is 5.75 Å². The van der Waals surface area contributed by atoms with Crippen LogP contribution < -0.4 is 0 Å². The van der Waals surface area contributed by atoms with Crippen molar-refractivity contribution >= 4 is 17.9 Å². The van der Waals surface area contributed by atoms with Gasteiger partial charge in [-0.05, 0) is 31.0 Å². The largest absolute Gasteiger partial charge is 0.507 e. The Labute approximate surface area is 75.8 Å². The Balaban J connectivity index is 3.49. The topological polar surface area (TPSA) is 37.3 Å². The van der Waals surface area contributed by atoms with E-state index >= 15 is 0 Å². The highest BCUT2D eigenvalue weighted by Crippen LogP contribution is 2.29. The predicted octanol–water partition coefficient (Wildman–Crippen LogP) is 2.47. The number of carbonyl (C=O) groups excluding carboxylic acids is 1. The Bertz CT molecular complexity index is 332. The summed E-state index contributed by atoms with van der Waals surface area (Å²) in [5, 5.41) is 9.92. The maximum Gasteiger partial charge on any atom is 0.153 e. The van der Waals surface area contributed by atoms with Gasteiger partial charge >= 0.3 is 0 Å². The first-order valence-electron chi connectivity index (χ1n) is 3.51. The SMILES string of the molecule is Cc1c(Cl)cc(C=O)c(O)c1C. The van der Waals surface area contributed by atoms with Crippen LogP contribution in [0.3, 0.4) is 0 Å². The molecule has 0 unspecified atom stereocenters. The van der Waals surface area contributed by atoms with Gasteiger partial charge in [-0.3, -0.25) is 4.79 Å². The molecule has 0 fully saturated rings. The molecule has 0 heterocycles. The second-order valence-electron chi connectivity index (χ2n) is 2.66. The molecular formula is C9H9ClO2. The summed E-state index contributed by atoms with van der Waals surface area (Å²) in [6.07, 6.45) is 0.591. The molecular weight excluding hydrogens is 176 g/mol. The third kappa shape index (κ3) is 1.30. The number of carbonyl (C=O) groups is 1. The Morgan fingerprint density at radius 2 is 2.00 bits per heavy atom. The molecule has 0 amide bonds. The minimum absolute atomic E-state index is 0.0203. The molecule has 0 saturated heterocycles. The zero-order valence-electron chi connectivity index (χ0n) is 6.89. The number of hydrogen-bond acceptors (Lipinski definition) is 2. The Morgan fingerprint density at radius 3 is 2.50 bits per heavy atom. The van der Waals surface area contributed by atoms with Crippen LogP contribution in [0.5, 0.6) is 5.75 Å². The maximum absolute atomic E-state index is 10.4. The van der Waals surface area contributed by atoms with Crippen LogP contribution in [0.25, 0.3) is 0 Å². The minimum Gasteiger partial charge on any atom is -0.507 e. The number of hydrogen-bond donors (Lipinski definition) is 1. The molecule has 3 heteroatoms. The Morgan fingerprint density at radius 1 is 1.42 bits per heavy atom. The first-order chi connectivity index (χ1) is 5.57. The molecule has 0 atom stereocenters. The van der Waals surface area contributed by atoms with Crippen molar-refractivity contribution in [1.29, 1.82) is 0 Å². The van der Waals surface area contributed by atoms with Crippen LogP contribution in [0.2, 0.25) is 5.02 Å². The summed E-state index contributed by atoms with van der Waals surface area (Å²) < 4.78 is 0. The van der Waals surface area contributed by atoms with E-state index in [1.54, 1.807) is 13.8 Å². The molecule has 0 spiro atoms. The number of phenolic OH excluding ortho intramolecular Hbond substituents is 1. The summed E-state index contributed by atoms with van der Waals surface area (Å²) in [5.74, 6) is 0.0203. The summed E-state index contributed by atoms with van der Waals surface area (Å²) in [7, 11) is 0. The van der Waals surface area contributed by atoms with Crippen LogP contribution in [-0.2, 0) is 0 Å².